The summed E-state index contributed by atoms with van der Waals surface area (Å²) in [6.07, 6.45) is -4.44. The molecule has 13 heavy (non-hydrogen) atoms. The summed E-state index contributed by atoms with van der Waals surface area (Å²) in [6.45, 7) is 0. The molecule has 1 aromatic heterocycles. The van der Waals surface area contributed by atoms with Crippen molar-refractivity contribution in [2.45, 2.75) is 6.18 Å². The first-order chi connectivity index (χ1) is 5.95. The molecule has 0 unspecified atom stereocenters. The van der Waals surface area contributed by atoms with Gasteiger partial charge in [0.05, 0.1) is 5.56 Å². The molecule has 0 fully saturated rings. The maximum absolute atomic E-state index is 12.1. The molecule has 0 aliphatic rings. The van der Waals surface area contributed by atoms with Crippen molar-refractivity contribution >= 4 is 15.9 Å². The Kier molecular flexibility index (Phi) is 2.57. The SMILES string of the molecule is N#Cc1ccc(C(F)(F)F)c(Br)n1. The third-order valence-corrected chi connectivity index (χ3v) is 1.87. The molecule has 0 saturated carbocycles. The minimum absolute atomic E-state index is 0.0557. The predicted molar refractivity (Wildman–Crippen MR) is 41.7 cm³/mol. The van der Waals surface area contributed by atoms with Gasteiger partial charge in [-0.2, -0.15) is 18.4 Å². The van der Waals surface area contributed by atoms with Crippen molar-refractivity contribution in [1.82, 2.24) is 4.98 Å². The molecule has 0 saturated heterocycles. The lowest BCUT2D eigenvalue weighted by atomic mass is 10.2. The molecule has 0 amide bonds. The van der Waals surface area contributed by atoms with E-state index < -0.39 is 11.7 Å². The number of halogens is 4. The van der Waals surface area contributed by atoms with Gasteiger partial charge in [0.15, 0.2) is 0 Å². The van der Waals surface area contributed by atoms with Gasteiger partial charge in [-0.1, -0.05) is 0 Å². The number of nitriles is 1. The summed E-state index contributed by atoms with van der Waals surface area (Å²) in [5.41, 5.74) is -0.939. The smallest absolute Gasteiger partial charge is 0.230 e. The Morgan fingerprint density at radius 3 is 2.38 bits per heavy atom. The molecule has 0 aliphatic carbocycles. The Balaban J connectivity index is 3.23. The lowest BCUT2D eigenvalue weighted by Gasteiger charge is -2.07. The second-order valence-corrected chi connectivity index (χ2v) is 2.90. The fourth-order valence-electron chi connectivity index (χ4n) is 0.708. The van der Waals surface area contributed by atoms with Gasteiger partial charge < -0.3 is 0 Å². The summed E-state index contributed by atoms with van der Waals surface area (Å²) >= 11 is 2.64. The van der Waals surface area contributed by atoms with Gasteiger partial charge in [-0.05, 0) is 28.1 Å². The third kappa shape index (κ3) is 2.18. The van der Waals surface area contributed by atoms with E-state index in [0.29, 0.717) is 0 Å². The Morgan fingerprint density at radius 1 is 1.38 bits per heavy atom. The largest absolute Gasteiger partial charge is 0.419 e. The monoisotopic (exact) mass is 250 g/mol. The molecule has 1 aromatic rings. The van der Waals surface area contributed by atoms with Crippen LogP contribution in [0.3, 0.4) is 0 Å². The van der Waals surface area contributed by atoms with Crippen LogP contribution >= 0.6 is 15.9 Å². The molecule has 1 heterocycles. The van der Waals surface area contributed by atoms with Crippen LogP contribution in [0.1, 0.15) is 11.3 Å². The van der Waals surface area contributed by atoms with E-state index in [9.17, 15) is 13.2 Å². The normalized spacial score (nSPS) is 11.0. The molecule has 0 spiro atoms. The first-order valence-electron chi connectivity index (χ1n) is 3.09. The van der Waals surface area contributed by atoms with Crippen LogP contribution in [0.2, 0.25) is 0 Å². The van der Waals surface area contributed by atoms with Crippen LogP contribution in [0.5, 0.6) is 0 Å². The van der Waals surface area contributed by atoms with Gasteiger partial charge in [0.25, 0.3) is 0 Å². The van der Waals surface area contributed by atoms with Gasteiger partial charge in [-0.3, -0.25) is 0 Å². The van der Waals surface area contributed by atoms with E-state index in [0.717, 1.165) is 12.1 Å². The number of pyridine rings is 1. The van der Waals surface area contributed by atoms with Crippen LogP contribution < -0.4 is 0 Å². The van der Waals surface area contributed by atoms with Crippen LogP contribution in [0.4, 0.5) is 13.2 Å². The second-order valence-electron chi connectivity index (χ2n) is 2.14. The maximum Gasteiger partial charge on any atom is 0.419 e. The fourth-order valence-corrected chi connectivity index (χ4v) is 1.26. The summed E-state index contributed by atoms with van der Waals surface area (Å²) in [6, 6.07) is 3.47. The van der Waals surface area contributed by atoms with Crippen molar-refractivity contribution in [1.29, 1.82) is 5.26 Å². The van der Waals surface area contributed by atoms with Gasteiger partial charge in [-0.25, -0.2) is 4.98 Å². The second kappa shape index (κ2) is 3.34. The van der Waals surface area contributed by atoms with Gasteiger partial charge in [0.2, 0.25) is 0 Å². The first kappa shape index (κ1) is 9.99. The van der Waals surface area contributed by atoms with E-state index in [4.69, 9.17) is 5.26 Å². The van der Waals surface area contributed by atoms with E-state index in [-0.39, 0.29) is 10.3 Å². The standard InChI is InChI=1S/C7H2BrF3N2/c8-6-5(7(9,10)11)2-1-4(3-12)13-6/h1-2H. The Bertz CT molecular complexity index is 367. The summed E-state index contributed by atoms with van der Waals surface area (Å²) < 4.78 is 36.0. The van der Waals surface area contributed by atoms with E-state index in [1.165, 1.54) is 0 Å². The predicted octanol–water partition coefficient (Wildman–Crippen LogP) is 2.73. The van der Waals surface area contributed by atoms with Crippen molar-refractivity contribution in [3.05, 3.63) is 28.0 Å². The van der Waals surface area contributed by atoms with Gasteiger partial charge in [-0.15, -0.1) is 0 Å². The zero-order valence-electron chi connectivity index (χ0n) is 6.06. The van der Waals surface area contributed by atoms with Crippen molar-refractivity contribution in [2.24, 2.45) is 0 Å². The first-order valence-corrected chi connectivity index (χ1v) is 3.88. The maximum atomic E-state index is 12.1. The molecule has 0 N–H and O–H groups in total. The number of nitrogens with zero attached hydrogens (tertiary/aromatic N) is 2. The van der Waals surface area contributed by atoms with E-state index in [1.807, 2.05) is 0 Å². The zero-order chi connectivity index (χ0) is 10.1. The summed E-state index contributed by atoms with van der Waals surface area (Å²) in [7, 11) is 0. The molecular formula is C7H2BrF3N2. The molecule has 1 rings (SSSR count). The minimum Gasteiger partial charge on any atom is -0.230 e. The average Bonchev–Trinajstić information content (AvgIpc) is 2.01. The van der Waals surface area contributed by atoms with Crippen LogP contribution in [0, 0.1) is 11.3 Å². The Morgan fingerprint density at radius 2 is 2.00 bits per heavy atom. The molecule has 0 bridgehead atoms. The molecule has 2 nitrogen and oxygen atoms in total. The number of hydrogen-bond donors (Lipinski definition) is 0. The summed E-state index contributed by atoms with van der Waals surface area (Å²) in [4.78, 5) is 3.39. The van der Waals surface area contributed by atoms with Crippen molar-refractivity contribution in [3.8, 4) is 6.07 Å². The van der Waals surface area contributed by atoms with Crippen LogP contribution in [0.15, 0.2) is 16.7 Å². The summed E-state index contributed by atoms with van der Waals surface area (Å²) in [5.74, 6) is 0. The molecule has 0 atom stereocenters. The van der Waals surface area contributed by atoms with E-state index in [1.54, 1.807) is 6.07 Å². The average molecular weight is 251 g/mol. The fraction of sp³-hybridized carbons (Fsp3) is 0.143. The van der Waals surface area contributed by atoms with Crippen LogP contribution in [-0.4, -0.2) is 4.98 Å². The highest BCUT2D eigenvalue weighted by Crippen LogP contribution is 2.33. The highest BCUT2D eigenvalue weighted by atomic mass is 79.9. The molecule has 0 aliphatic heterocycles. The lowest BCUT2D eigenvalue weighted by Crippen LogP contribution is -2.07. The molecular weight excluding hydrogens is 249 g/mol. The molecule has 0 radical (unpaired) electrons. The number of hydrogen-bond acceptors (Lipinski definition) is 2. The van der Waals surface area contributed by atoms with Crippen LogP contribution in [-0.2, 0) is 6.18 Å². The van der Waals surface area contributed by atoms with Crippen LogP contribution in [0.25, 0.3) is 0 Å². The van der Waals surface area contributed by atoms with Gasteiger partial charge in [0.1, 0.15) is 16.4 Å². The Labute approximate surface area is 80.1 Å². The van der Waals surface area contributed by atoms with E-state index >= 15 is 0 Å². The number of aromatic nitrogens is 1. The Hall–Kier alpha value is -1.09. The van der Waals surface area contributed by atoms with Gasteiger partial charge >= 0.3 is 6.18 Å². The molecule has 0 aromatic carbocycles. The lowest BCUT2D eigenvalue weighted by molar-refractivity contribution is -0.138. The van der Waals surface area contributed by atoms with Crippen molar-refractivity contribution < 1.29 is 13.2 Å². The zero-order valence-corrected chi connectivity index (χ0v) is 7.65. The third-order valence-electron chi connectivity index (χ3n) is 1.27. The topological polar surface area (TPSA) is 36.7 Å². The van der Waals surface area contributed by atoms with E-state index in [2.05, 4.69) is 20.9 Å². The summed E-state index contributed by atoms with van der Waals surface area (Å²) in [5, 5.41) is 8.34. The number of alkyl halides is 3. The highest BCUT2D eigenvalue weighted by Gasteiger charge is 2.33. The van der Waals surface area contributed by atoms with Gasteiger partial charge in [0, 0.05) is 0 Å². The van der Waals surface area contributed by atoms with Crippen molar-refractivity contribution in [2.75, 3.05) is 0 Å². The molecule has 6 heteroatoms. The quantitative estimate of drug-likeness (QED) is 0.664. The molecule has 68 valence electrons. The highest BCUT2D eigenvalue weighted by molar-refractivity contribution is 9.10. The van der Waals surface area contributed by atoms with Crippen molar-refractivity contribution in [3.63, 3.8) is 0 Å². The minimum atomic E-state index is -4.44. The number of rotatable bonds is 0.